The third-order valence-electron chi connectivity index (χ3n) is 3.49. The highest BCUT2D eigenvalue weighted by molar-refractivity contribution is 8.06. The summed E-state index contributed by atoms with van der Waals surface area (Å²) in [4.78, 5) is 19.9. The number of amides is 1. The summed E-state index contributed by atoms with van der Waals surface area (Å²) in [6.07, 6.45) is 0.599. The van der Waals surface area contributed by atoms with E-state index < -0.39 is 0 Å². The van der Waals surface area contributed by atoms with Gasteiger partial charge in [-0.3, -0.25) is 4.79 Å². The summed E-state index contributed by atoms with van der Waals surface area (Å²) >= 11 is 3.86. The average Bonchev–Trinajstić information content (AvgIpc) is 2.92. The molecule has 1 aromatic carbocycles. The Morgan fingerprint density at radius 1 is 1.48 bits per heavy atom. The summed E-state index contributed by atoms with van der Waals surface area (Å²) in [5.41, 5.74) is 1.95. The summed E-state index contributed by atoms with van der Waals surface area (Å²) in [5, 5.41) is 3.50. The van der Waals surface area contributed by atoms with Crippen LogP contribution in [0.15, 0.2) is 24.3 Å². The minimum Gasteiger partial charge on any atom is -0.346 e. The molecule has 0 radical (unpaired) electrons. The average molecular weight is 321 g/mol. The molecule has 1 aliphatic heterocycles. The Hall–Kier alpha value is -1.14. The van der Waals surface area contributed by atoms with E-state index in [9.17, 15) is 4.79 Å². The quantitative estimate of drug-likeness (QED) is 0.909. The number of benzene rings is 1. The maximum atomic E-state index is 12.1. The van der Waals surface area contributed by atoms with E-state index in [1.807, 2.05) is 54.7 Å². The molecule has 0 aliphatic carbocycles. The smallest absolute Gasteiger partial charge is 0.221 e. The lowest BCUT2D eigenvalue weighted by molar-refractivity contribution is -0.121. The van der Waals surface area contributed by atoms with Crippen molar-refractivity contribution in [1.29, 1.82) is 0 Å². The van der Waals surface area contributed by atoms with E-state index in [1.54, 1.807) is 0 Å². The van der Waals surface area contributed by atoms with E-state index in [1.165, 1.54) is 5.75 Å². The molecule has 2 aromatic rings. The number of thioether (sulfide) groups is 2. The molecule has 21 heavy (non-hydrogen) atoms. The van der Waals surface area contributed by atoms with Crippen molar-refractivity contribution in [2.45, 2.75) is 24.6 Å². The van der Waals surface area contributed by atoms with Crippen LogP contribution in [0.1, 0.15) is 25.2 Å². The number of rotatable bonds is 4. The molecule has 3 rings (SSSR count). The number of nitrogens with zero attached hydrogens (tertiary/aromatic N) is 1. The maximum absolute atomic E-state index is 12.1. The number of nitrogens with one attached hydrogen (secondary N) is 2. The van der Waals surface area contributed by atoms with Crippen molar-refractivity contribution in [2.24, 2.45) is 0 Å². The van der Waals surface area contributed by atoms with Crippen LogP contribution in [-0.2, 0) is 4.79 Å². The number of carbonyl (C=O) groups excluding carboxylic acids is 1. The summed E-state index contributed by atoms with van der Waals surface area (Å²) in [5.74, 6) is 4.37. The summed E-state index contributed by atoms with van der Waals surface area (Å²) in [7, 11) is 0. The van der Waals surface area contributed by atoms with Gasteiger partial charge in [0.1, 0.15) is 5.82 Å². The van der Waals surface area contributed by atoms with E-state index in [-0.39, 0.29) is 11.9 Å². The summed E-state index contributed by atoms with van der Waals surface area (Å²) in [6.45, 7) is 1.97. The first-order valence-electron chi connectivity index (χ1n) is 7.16. The fraction of sp³-hybridized carbons (Fsp3) is 0.467. The topological polar surface area (TPSA) is 57.8 Å². The Balaban J connectivity index is 1.59. The van der Waals surface area contributed by atoms with Gasteiger partial charge in [-0.2, -0.15) is 23.5 Å². The van der Waals surface area contributed by atoms with Gasteiger partial charge >= 0.3 is 0 Å². The summed E-state index contributed by atoms with van der Waals surface area (Å²) in [6, 6.07) is 7.82. The van der Waals surface area contributed by atoms with Crippen LogP contribution in [0.2, 0.25) is 0 Å². The van der Waals surface area contributed by atoms with Crippen LogP contribution >= 0.6 is 23.5 Å². The van der Waals surface area contributed by atoms with Gasteiger partial charge in [-0.15, -0.1) is 0 Å². The van der Waals surface area contributed by atoms with E-state index >= 15 is 0 Å². The monoisotopic (exact) mass is 321 g/mol. The predicted molar refractivity (Wildman–Crippen MR) is 90.8 cm³/mol. The molecule has 0 bridgehead atoms. The largest absolute Gasteiger partial charge is 0.346 e. The SMILES string of the molecule is C[C@H](NC(=O)CC1CSCCS1)c1nc2ccccc2[nH]1. The highest BCUT2D eigenvalue weighted by atomic mass is 32.2. The first-order chi connectivity index (χ1) is 10.2. The molecule has 2 atom stereocenters. The predicted octanol–water partition coefficient (Wildman–Crippen LogP) is 2.98. The van der Waals surface area contributed by atoms with Crippen LogP contribution in [0.3, 0.4) is 0 Å². The lowest BCUT2D eigenvalue weighted by atomic mass is 10.2. The molecule has 0 saturated carbocycles. The molecule has 4 nitrogen and oxygen atoms in total. The van der Waals surface area contributed by atoms with Gasteiger partial charge in [0.05, 0.1) is 17.1 Å². The van der Waals surface area contributed by atoms with Gasteiger partial charge in [-0.05, 0) is 19.1 Å². The first-order valence-corrected chi connectivity index (χ1v) is 9.36. The second kappa shape index (κ2) is 6.75. The Bertz CT molecular complexity index is 589. The van der Waals surface area contributed by atoms with E-state index in [0.717, 1.165) is 28.4 Å². The first kappa shape index (κ1) is 14.8. The molecule has 2 heterocycles. The highest BCUT2D eigenvalue weighted by Gasteiger charge is 2.20. The number of aromatic amines is 1. The normalized spacial score (nSPS) is 20.3. The molecular formula is C15H19N3OS2. The van der Waals surface area contributed by atoms with E-state index in [0.29, 0.717) is 11.7 Å². The number of aromatic nitrogens is 2. The Kier molecular flexibility index (Phi) is 4.75. The Labute approximate surface area is 132 Å². The lowest BCUT2D eigenvalue weighted by Gasteiger charge is -2.21. The van der Waals surface area contributed by atoms with Crippen molar-refractivity contribution >= 4 is 40.5 Å². The van der Waals surface area contributed by atoms with Crippen molar-refractivity contribution in [1.82, 2.24) is 15.3 Å². The van der Waals surface area contributed by atoms with Crippen LogP contribution in [0.4, 0.5) is 0 Å². The number of hydrogen-bond donors (Lipinski definition) is 2. The minimum atomic E-state index is -0.0915. The minimum absolute atomic E-state index is 0.0915. The fourth-order valence-corrected chi connectivity index (χ4v) is 5.09. The molecule has 1 fully saturated rings. The van der Waals surface area contributed by atoms with Gasteiger partial charge < -0.3 is 10.3 Å². The molecule has 1 unspecified atom stereocenters. The fourth-order valence-electron chi connectivity index (χ4n) is 2.41. The van der Waals surface area contributed by atoms with Crippen molar-refractivity contribution in [3.8, 4) is 0 Å². The highest BCUT2D eigenvalue weighted by Crippen LogP contribution is 2.26. The number of hydrogen-bond acceptors (Lipinski definition) is 4. The molecule has 6 heteroatoms. The number of para-hydroxylation sites is 2. The zero-order valence-corrected chi connectivity index (χ0v) is 13.6. The molecule has 2 N–H and O–H groups in total. The van der Waals surface area contributed by atoms with Gasteiger partial charge in [0.25, 0.3) is 0 Å². The van der Waals surface area contributed by atoms with Crippen molar-refractivity contribution < 1.29 is 4.79 Å². The standard InChI is InChI=1S/C15H19N3OS2/c1-10(15-17-12-4-2-3-5-13(12)18-15)16-14(19)8-11-9-20-6-7-21-11/h2-5,10-11H,6-9H2,1H3,(H,16,19)(H,17,18)/t10-,11?/m0/s1. The van der Waals surface area contributed by atoms with Gasteiger partial charge in [-0.25, -0.2) is 4.98 Å². The van der Waals surface area contributed by atoms with Gasteiger partial charge in [0.2, 0.25) is 5.91 Å². The van der Waals surface area contributed by atoms with Crippen molar-refractivity contribution in [2.75, 3.05) is 17.3 Å². The lowest BCUT2D eigenvalue weighted by Crippen LogP contribution is -2.31. The molecule has 1 amide bonds. The van der Waals surface area contributed by atoms with Crippen LogP contribution in [0.25, 0.3) is 11.0 Å². The van der Waals surface area contributed by atoms with Crippen LogP contribution in [0, 0.1) is 0 Å². The molecule has 1 aromatic heterocycles. The maximum Gasteiger partial charge on any atom is 0.221 e. The Morgan fingerprint density at radius 3 is 3.10 bits per heavy atom. The van der Waals surface area contributed by atoms with Crippen molar-refractivity contribution in [3.05, 3.63) is 30.1 Å². The Morgan fingerprint density at radius 2 is 2.33 bits per heavy atom. The molecule has 112 valence electrons. The molecule has 1 aliphatic rings. The third-order valence-corrected chi connectivity index (χ3v) is 6.34. The van der Waals surface area contributed by atoms with E-state index in [2.05, 4.69) is 15.3 Å². The van der Waals surface area contributed by atoms with Crippen LogP contribution in [0.5, 0.6) is 0 Å². The van der Waals surface area contributed by atoms with Gasteiger partial charge in [0, 0.05) is 28.9 Å². The van der Waals surface area contributed by atoms with Gasteiger partial charge in [-0.1, -0.05) is 12.1 Å². The zero-order valence-electron chi connectivity index (χ0n) is 12.0. The second-order valence-electron chi connectivity index (χ2n) is 5.20. The second-order valence-corrected chi connectivity index (χ2v) is 7.76. The molecule has 1 saturated heterocycles. The number of H-pyrrole nitrogens is 1. The molecule has 0 spiro atoms. The van der Waals surface area contributed by atoms with Gasteiger partial charge in [0.15, 0.2) is 0 Å². The third kappa shape index (κ3) is 3.74. The van der Waals surface area contributed by atoms with Crippen LogP contribution < -0.4 is 5.32 Å². The number of fused-ring (bicyclic) bond motifs is 1. The van der Waals surface area contributed by atoms with Crippen LogP contribution in [-0.4, -0.2) is 38.4 Å². The molecular weight excluding hydrogens is 302 g/mol. The number of carbonyl (C=O) groups is 1. The summed E-state index contributed by atoms with van der Waals surface area (Å²) < 4.78 is 0. The zero-order chi connectivity index (χ0) is 14.7. The van der Waals surface area contributed by atoms with Crippen molar-refractivity contribution in [3.63, 3.8) is 0 Å². The van der Waals surface area contributed by atoms with E-state index in [4.69, 9.17) is 0 Å². The number of imidazole rings is 1.